The monoisotopic (exact) mass is 428 g/mol. The number of nitrogens with one attached hydrogen (secondary N) is 1. The number of aromatic nitrogens is 2. The number of hydrogen-bond donors (Lipinski definition) is 2. The molecule has 0 bridgehead atoms. The van der Waals surface area contributed by atoms with E-state index in [1.54, 1.807) is 35.8 Å². The number of nitrogens with zero attached hydrogens (tertiary/aromatic N) is 3. The zero-order chi connectivity index (χ0) is 21.5. The van der Waals surface area contributed by atoms with Crippen molar-refractivity contribution in [1.29, 1.82) is 0 Å². The molecule has 0 radical (unpaired) electrons. The van der Waals surface area contributed by atoms with E-state index in [-0.39, 0.29) is 23.7 Å². The molecule has 10 heteroatoms. The van der Waals surface area contributed by atoms with Crippen LogP contribution in [0.4, 0.5) is 0 Å². The minimum Gasteiger partial charge on any atom is -0.361 e. The molecule has 0 saturated heterocycles. The van der Waals surface area contributed by atoms with Crippen molar-refractivity contribution in [2.75, 3.05) is 6.54 Å². The number of sulfonamides is 1. The van der Waals surface area contributed by atoms with Gasteiger partial charge in [0, 0.05) is 30.8 Å². The van der Waals surface area contributed by atoms with E-state index >= 15 is 0 Å². The Labute approximate surface area is 173 Å². The molecule has 0 spiro atoms. The molecule has 3 heterocycles. The summed E-state index contributed by atoms with van der Waals surface area (Å²) in [6.07, 6.45) is 0.373. The Morgan fingerprint density at radius 2 is 1.90 bits per heavy atom. The molecule has 0 saturated carbocycles. The van der Waals surface area contributed by atoms with E-state index in [0.29, 0.717) is 17.9 Å². The number of fused-ring (bicyclic) bond motifs is 1. The highest BCUT2D eigenvalue weighted by atomic mass is 32.2. The van der Waals surface area contributed by atoms with Crippen LogP contribution in [0.2, 0.25) is 0 Å². The van der Waals surface area contributed by atoms with Crippen LogP contribution in [0.15, 0.2) is 45.8 Å². The Morgan fingerprint density at radius 1 is 1.17 bits per heavy atom. The number of aryl methyl sites for hydroxylation is 2. The average molecular weight is 428 g/mol. The molecule has 4 rings (SSSR count). The van der Waals surface area contributed by atoms with Gasteiger partial charge in [0.25, 0.3) is 5.91 Å². The predicted molar refractivity (Wildman–Crippen MR) is 106 cm³/mol. The van der Waals surface area contributed by atoms with Gasteiger partial charge in [0.15, 0.2) is 0 Å². The number of hydrogen-bond acceptors (Lipinski definition) is 7. The SMILES string of the molecule is Cc1noc(C)c1-c1ccc(S(=O)(=O)N2CCc3nc(C(=O)NO)ccc3C2)cc1. The maximum absolute atomic E-state index is 13.1. The van der Waals surface area contributed by atoms with Crippen LogP contribution >= 0.6 is 0 Å². The van der Waals surface area contributed by atoms with Gasteiger partial charge in [0.1, 0.15) is 11.5 Å². The maximum atomic E-state index is 13.1. The van der Waals surface area contributed by atoms with Crippen molar-refractivity contribution in [2.45, 2.75) is 31.7 Å². The quantitative estimate of drug-likeness (QED) is 0.482. The van der Waals surface area contributed by atoms with E-state index in [2.05, 4.69) is 10.1 Å². The fourth-order valence-electron chi connectivity index (χ4n) is 3.62. The zero-order valence-corrected chi connectivity index (χ0v) is 17.2. The molecule has 1 amide bonds. The van der Waals surface area contributed by atoms with Crippen LogP contribution in [-0.4, -0.2) is 40.5 Å². The summed E-state index contributed by atoms with van der Waals surface area (Å²) in [5, 5.41) is 12.7. The first-order chi connectivity index (χ1) is 14.3. The number of hydroxylamine groups is 1. The molecular weight excluding hydrogens is 408 g/mol. The van der Waals surface area contributed by atoms with Crippen LogP contribution in [-0.2, 0) is 23.0 Å². The molecule has 156 valence electrons. The Morgan fingerprint density at radius 3 is 2.53 bits per heavy atom. The Kier molecular flexibility index (Phi) is 5.14. The van der Waals surface area contributed by atoms with Crippen LogP contribution in [0.1, 0.15) is 33.2 Å². The Bertz CT molecular complexity index is 1200. The Balaban J connectivity index is 1.58. The number of carbonyl (C=O) groups is 1. The fraction of sp³-hybridized carbons (Fsp3) is 0.250. The van der Waals surface area contributed by atoms with Gasteiger partial charge in [-0.3, -0.25) is 10.0 Å². The molecule has 3 aromatic rings. The smallest absolute Gasteiger partial charge is 0.293 e. The summed E-state index contributed by atoms with van der Waals surface area (Å²) < 4.78 is 32.8. The van der Waals surface area contributed by atoms with Crippen molar-refractivity contribution in [3.63, 3.8) is 0 Å². The minimum absolute atomic E-state index is 0.0856. The maximum Gasteiger partial charge on any atom is 0.293 e. The largest absolute Gasteiger partial charge is 0.361 e. The minimum atomic E-state index is -3.69. The van der Waals surface area contributed by atoms with Gasteiger partial charge in [-0.1, -0.05) is 23.4 Å². The molecule has 2 N–H and O–H groups in total. The second kappa shape index (κ2) is 7.63. The van der Waals surface area contributed by atoms with Crippen LogP contribution in [0, 0.1) is 13.8 Å². The van der Waals surface area contributed by atoms with Crippen LogP contribution in [0.25, 0.3) is 11.1 Å². The van der Waals surface area contributed by atoms with Gasteiger partial charge in [0.05, 0.1) is 10.6 Å². The molecule has 0 aliphatic carbocycles. The van der Waals surface area contributed by atoms with Gasteiger partial charge in [-0.15, -0.1) is 0 Å². The third kappa shape index (κ3) is 3.49. The third-order valence-corrected chi connectivity index (χ3v) is 7.02. The number of pyridine rings is 1. The predicted octanol–water partition coefficient (Wildman–Crippen LogP) is 2.22. The molecule has 0 atom stereocenters. The van der Waals surface area contributed by atoms with E-state index < -0.39 is 15.9 Å². The first-order valence-corrected chi connectivity index (χ1v) is 10.7. The van der Waals surface area contributed by atoms with Crippen molar-refractivity contribution in [1.82, 2.24) is 19.9 Å². The first-order valence-electron chi connectivity index (χ1n) is 9.28. The molecule has 30 heavy (non-hydrogen) atoms. The summed E-state index contributed by atoms with van der Waals surface area (Å²) in [4.78, 5) is 15.9. The molecule has 2 aromatic heterocycles. The van der Waals surface area contributed by atoms with Crippen molar-refractivity contribution in [3.05, 3.63) is 64.8 Å². The summed E-state index contributed by atoms with van der Waals surface area (Å²) in [6.45, 7) is 4.07. The van der Waals surface area contributed by atoms with Crippen molar-refractivity contribution in [2.24, 2.45) is 0 Å². The van der Waals surface area contributed by atoms with Gasteiger partial charge in [-0.05, 0) is 43.2 Å². The number of carbonyl (C=O) groups excluding carboxylic acids is 1. The molecule has 1 aromatic carbocycles. The molecule has 1 aliphatic heterocycles. The molecule has 0 fully saturated rings. The van der Waals surface area contributed by atoms with E-state index in [1.165, 1.54) is 10.4 Å². The lowest BCUT2D eigenvalue weighted by molar-refractivity contribution is 0.0700. The van der Waals surface area contributed by atoms with Crippen LogP contribution in [0.5, 0.6) is 0 Å². The second-order valence-corrected chi connectivity index (χ2v) is 8.99. The van der Waals surface area contributed by atoms with E-state index in [1.807, 2.05) is 13.8 Å². The summed E-state index contributed by atoms with van der Waals surface area (Å²) in [5.74, 6) is -0.0243. The lowest BCUT2D eigenvalue weighted by Crippen LogP contribution is -2.36. The molecule has 9 nitrogen and oxygen atoms in total. The van der Waals surface area contributed by atoms with E-state index in [4.69, 9.17) is 9.73 Å². The van der Waals surface area contributed by atoms with E-state index in [9.17, 15) is 13.2 Å². The Hall–Kier alpha value is -3.08. The van der Waals surface area contributed by atoms with Gasteiger partial charge in [-0.2, -0.15) is 4.31 Å². The van der Waals surface area contributed by atoms with Crippen molar-refractivity contribution >= 4 is 15.9 Å². The van der Waals surface area contributed by atoms with Gasteiger partial charge < -0.3 is 4.52 Å². The fourth-order valence-corrected chi connectivity index (χ4v) is 5.04. The third-order valence-electron chi connectivity index (χ3n) is 5.16. The summed E-state index contributed by atoms with van der Waals surface area (Å²) in [7, 11) is -3.69. The summed E-state index contributed by atoms with van der Waals surface area (Å²) in [6, 6.07) is 9.78. The second-order valence-electron chi connectivity index (χ2n) is 7.06. The number of rotatable bonds is 4. The standard InChI is InChI=1S/C20H20N4O5S/c1-12-19(13(2)29-23-12)14-3-6-16(7-4-14)30(27,28)24-10-9-17-15(11-24)5-8-18(21-17)20(25)22-26/h3-8,26H,9-11H2,1-2H3,(H,22,25). The molecule has 1 aliphatic rings. The van der Waals surface area contributed by atoms with Gasteiger partial charge in [-0.25, -0.2) is 18.9 Å². The zero-order valence-electron chi connectivity index (χ0n) is 16.4. The van der Waals surface area contributed by atoms with Crippen LogP contribution in [0.3, 0.4) is 0 Å². The summed E-state index contributed by atoms with van der Waals surface area (Å²) in [5.41, 5.74) is 5.46. The van der Waals surface area contributed by atoms with Gasteiger partial charge in [0.2, 0.25) is 10.0 Å². The number of amides is 1. The highest BCUT2D eigenvalue weighted by molar-refractivity contribution is 7.89. The molecule has 0 unspecified atom stereocenters. The van der Waals surface area contributed by atoms with Crippen LogP contribution < -0.4 is 5.48 Å². The normalized spacial score (nSPS) is 14.4. The highest BCUT2D eigenvalue weighted by Crippen LogP contribution is 2.29. The summed E-state index contributed by atoms with van der Waals surface area (Å²) >= 11 is 0. The topological polar surface area (TPSA) is 126 Å². The first kappa shape index (κ1) is 20.2. The van der Waals surface area contributed by atoms with E-state index in [0.717, 1.165) is 22.4 Å². The lowest BCUT2D eigenvalue weighted by Gasteiger charge is -2.27. The lowest BCUT2D eigenvalue weighted by atomic mass is 10.0. The molecular formula is C20H20N4O5S. The number of benzene rings is 1. The average Bonchev–Trinajstić information content (AvgIpc) is 3.10. The highest BCUT2D eigenvalue weighted by Gasteiger charge is 2.29. The van der Waals surface area contributed by atoms with Crippen molar-refractivity contribution < 1.29 is 22.9 Å². The van der Waals surface area contributed by atoms with Gasteiger partial charge >= 0.3 is 0 Å². The van der Waals surface area contributed by atoms with Crippen molar-refractivity contribution in [3.8, 4) is 11.1 Å².